The molecule has 40 heavy (non-hydrogen) atoms. The number of nitrogens with one attached hydrogen (secondary N) is 2. The van der Waals surface area contributed by atoms with Crippen molar-refractivity contribution in [1.82, 2.24) is 0 Å². The molecule has 0 atom stereocenters. The first-order chi connectivity index (χ1) is 19.6. The molecule has 0 unspecified atom stereocenters. The molecular formula is C36H28Br2N2. The monoisotopic (exact) mass is 646 g/mol. The third-order valence-electron chi connectivity index (χ3n) is 6.25. The van der Waals surface area contributed by atoms with Crippen LogP contribution in [0.3, 0.4) is 0 Å². The van der Waals surface area contributed by atoms with Gasteiger partial charge in [0.2, 0.25) is 0 Å². The van der Waals surface area contributed by atoms with Gasteiger partial charge in [-0.25, -0.2) is 0 Å². The highest BCUT2D eigenvalue weighted by Gasteiger charge is 2.00. The van der Waals surface area contributed by atoms with Gasteiger partial charge >= 0.3 is 0 Å². The van der Waals surface area contributed by atoms with Crippen LogP contribution in [0.4, 0.5) is 22.7 Å². The highest BCUT2D eigenvalue weighted by molar-refractivity contribution is 9.10. The molecule has 6 aromatic rings. The van der Waals surface area contributed by atoms with Crippen LogP contribution in [0.2, 0.25) is 0 Å². The fourth-order valence-corrected chi connectivity index (χ4v) is 4.68. The summed E-state index contributed by atoms with van der Waals surface area (Å²) in [5.74, 6) is 0. The Hall–Kier alpha value is -4.12. The highest BCUT2D eigenvalue weighted by Crippen LogP contribution is 2.25. The van der Waals surface area contributed by atoms with Crippen LogP contribution in [0.5, 0.6) is 0 Å². The number of rotatable bonds is 6. The van der Waals surface area contributed by atoms with Crippen LogP contribution in [-0.4, -0.2) is 0 Å². The first-order valence-corrected chi connectivity index (χ1v) is 14.6. The summed E-state index contributed by atoms with van der Waals surface area (Å²) in [5, 5.41) is 6.78. The molecular weight excluding hydrogens is 620 g/mol. The van der Waals surface area contributed by atoms with Gasteiger partial charge in [0.05, 0.1) is 0 Å². The molecule has 6 aromatic carbocycles. The van der Waals surface area contributed by atoms with E-state index in [0.717, 1.165) is 31.7 Å². The smallest absolute Gasteiger partial charge is 0.0384 e. The lowest BCUT2D eigenvalue weighted by Gasteiger charge is -2.08. The summed E-state index contributed by atoms with van der Waals surface area (Å²) in [7, 11) is 0. The van der Waals surface area contributed by atoms with Crippen LogP contribution in [0.25, 0.3) is 22.3 Å². The Balaban J connectivity index is 0.000000161. The van der Waals surface area contributed by atoms with Crippen LogP contribution in [0, 0.1) is 0 Å². The predicted octanol–water partition coefficient (Wildman–Crippen LogP) is 11.7. The Morgan fingerprint density at radius 2 is 0.525 bits per heavy atom. The van der Waals surface area contributed by atoms with Crippen molar-refractivity contribution in [2.75, 3.05) is 10.6 Å². The molecule has 0 aromatic heterocycles. The number of hydrogen-bond acceptors (Lipinski definition) is 2. The van der Waals surface area contributed by atoms with Crippen LogP contribution < -0.4 is 10.6 Å². The van der Waals surface area contributed by atoms with Gasteiger partial charge in [-0.05, 0) is 95.1 Å². The first kappa shape index (κ1) is 27.4. The Morgan fingerprint density at radius 1 is 0.275 bits per heavy atom. The summed E-state index contributed by atoms with van der Waals surface area (Å²) >= 11 is 6.88. The standard InChI is InChI=1S/2C18H14BrN/c2*19-16-8-12-18(13-9-16)20-17-10-6-15(7-11-17)14-4-2-1-3-5-14/h2*1-13,20H. The Bertz CT molecular complexity index is 1470. The second-order valence-electron chi connectivity index (χ2n) is 9.15. The van der Waals surface area contributed by atoms with Crippen molar-refractivity contribution in [3.05, 3.63) is 167 Å². The van der Waals surface area contributed by atoms with Gasteiger partial charge < -0.3 is 10.6 Å². The maximum atomic E-state index is 3.44. The molecule has 0 radical (unpaired) electrons. The van der Waals surface area contributed by atoms with Crippen molar-refractivity contribution in [3.8, 4) is 22.3 Å². The van der Waals surface area contributed by atoms with E-state index >= 15 is 0 Å². The number of benzene rings is 6. The average Bonchev–Trinajstić information content (AvgIpc) is 3.01. The molecule has 196 valence electrons. The van der Waals surface area contributed by atoms with E-state index in [2.05, 4.69) is 164 Å². The van der Waals surface area contributed by atoms with E-state index in [1.54, 1.807) is 0 Å². The summed E-state index contributed by atoms with van der Waals surface area (Å²) in [6.07, 6.45) is 0. The summed E-state index contributed by atoms with van der Waals surface area (Å²) in [6.45, 7) is 0. The zero-order valence-corrected chi connectivity index (χ0v) is 24.9. The summed E-state index contributed by atoms with van der Waals surface area (Å²) in [5.41, 5.74) is 9.28. The van der Waals surface area contributed by atoms with Crippen LogP contribution in [0.15, 0.2) is 167 Å². The van der Waals surface area contributed by atoms with Crippen molar-refractivity contribution in [1.29, 1.82) is 0 Å². The van der Waals surface area contributed by atoms with E-state index in [-0.39, 0.29) is 0 Å². The zero-order chi connectivity index (χ0) is 27.6. The van der Waals surface area contributed by atoms with E-state index < -0.39 is 0 Å². The van der Waals surface area contributed by atoms with Gasteiger partial charge in [-0.1, -0.05) is 117 Å². The topological polar surface area (TPSA) is 24.1 Å². The molecule has 0 heterocycles. The van der Waals surface area contributed by atoms with Crippen LogP contribution >= 0.6 is 31.9 Å². The minimum Gasteiger partial charge on any atom is -0.356 e. The number of halogens is 2. The van der Waals surface area contributed by atoms with Gasteiger partial charge in [0.15, 0.2) is 0 Å². The summed E-state index contributed by atoms with van der Waals surface area (Å²) in [4.78, 5) is 0. The lowest BCUT2D eigenvalue weighted by molar-refractivity contribution is 1.53. The molecule has 2 N–H and O–H groups in total. The lowest BCUT2D eigenvalue weighted by atomic mass is 10.1. The number of hydrogen-bond donors (Lipinski definition) is 2. The minimum absolute atomic E-state index is 1.08. The van der Waals surface area contributed by atoms with Crippen LogP contribution in [0.1, 0.15) is 0 Å². The maximum absolute atomic E-state index is 3.44. The van der Waals surface area contributed by atoms with Gasteiger partial charge in [0.1, 0.15) is 0 Å². The van der Waals surface area contributed by atoms with E-state index in [9.17, 15) is 0 Å². The number of anilines is 4. The largest absolute Gasteiger partial charge is 0.356 e. The second-order valence-corrected chi connectivity index (χ2v) is 11.0. The molecule has 4 heteroatoms. The van der Waals surface area contributed by atoms with Crippen molar-refractivity contribution >= 4 is 54.6 Å². The first-order valence-electron chi connectivity index (χ1n) is 13.0. The predicted molar refractivity (Wildman–Crippen MR) is 179 cm³/mol. The Labute approximate surface area is 253 Å². The average molecular weight is 648 g/mol. The molecule has 0 aliphatic rings. The Kier molecular flexibility index (Phi) is 9.46. The molecule has 0 spiro atoms. The van der Waals surface area contributed by atoms with Gasteiger partial charge in [-0.2, -0.15) is 0 Å². The molecule has 6 rings (SSSR count). The van der Waals surface area contributed by atoms with Crippen molar-refractivity contribution in [2.45, 2.75) is 0 Å². The van der Waals surface area contributed by atoms with Gasteiger partial charge in [0, 0.05) is 31.7 Å². The van der Waals surface area contributed by atoms with Crippen molar-refractivity contribution in [2.24, 2.45) is 0 Å². The molecule has 0 saturated heterocycles. The SMILES string of the molecule is Brc1ccc(Nc2ccc(-c3ccccc3)cc2)cc1.Brc1ccc(Nc2ccc(-c3ccccc3)cc2)cc1. The molecule has 0 bridgehead atoms. The Morgan fingerprint density at radius 3 is 0.825 bits per heavy atom. The quantitative estimate of drug-likeness (QED) is 0.188. The third kappa shape index (κ3) is 7.95. The molecule has 0 aliphatic carbocycles. The summed E-state index contributed by atoms with van der Waals surface area (Å²) in [6, 6.07) is 54.1. The van der Waals surface area contributed by atoms with Gasteiger partial charge in [-0.3, -0.25) is 0 Å². The minimum atomic E-state index is 1.08. The maximum Gasteiger partial charge on any atom is 0.0384 e. The van der Waals surface area contributed by atoms with Crippen molar-refractivity contribution < 1.29 is 0 Å². The van der Waals surface area contributed by atoms with E-state index in [1.165, 1.54) is 22.3 Å². The van der Waals surface area contributed by atoms with Crippen molar-refractivity contribution in [3.63, 3.8) is 0 Å². The molecule has 0 amide bonds. The van der Waals surface area contributed by atoms with Gasteiger partial charge in [-0.15, -0.1) is 0 Å². The second kappa shape index (κ2) is 13.8. The zero-order valence-electron chi connectivity index (χ0n) is 21.8. The lowest BCUT2D eigenvalue weighted by Crippen LogP contribution is -1.89. The van der Waals surface area contributed by atoms with E-state index in [4.69, 9.17) is 0 Å². The molecule has 0 aliphatic heterocycles. The molecule has 2 nitrogen and oxygen atoms in total. The molecule has 0 fully saturated rings. The van der Waals surface area contributed by atoms with E-state index in [0.29, 0.717) is 0 Å². The van der Waals surface area contributed by atoms with Crippen LogP contribution in [-0.2, 0) is 0 Å². The van der Waals surface area contributed by atoms with Gasteiger partial charge in [0.25, 0.3) is 0 Å². The molecule has 0 saturated carbocycles. The fraction of sp³-hybridized carbons (Fsp3) is 0. The summed E-state index contributed by atoms with van der Waals surface area (Å²) < 4.78 is 2.17. The fourth-order valence-electron chi connectivity index (χ4n) is 4.15. The normalized spacial score (nSPS) is 10.2. The third-order valence-corrected chi connectivity index (χ3v) is 7.31. The van der Waals surface area contributed by atoms with E-state index in [1.807, 2.05) is 36.4 Å². The highest BCUT2D eigenvalue weighted by atomic mass is 79.9.